The molecule has 0 amide bonds. The van der Waals surface area contributed by atoms with Gasteiger partial charge in [0.25, 0.3) is 6.43 Å². The molecule has 1 fully saturated rings. The first-order valence-electron chi connectivity index (χ1n) is 9.49. The molecule has 7 nitrogen and oxygen atoms in total. The molecule has 0 unspecified atom stereocenters. The molecule has 9 heteroatoms. The van der Waals surface area contributed by atoms with Gasteiger partial charge in [0, 0.05) is 50.8 Å². The van der Waals surface area contributed by atoms with E-state index in [2.05, 4.69) is 29.7 Å². The van der Waals surface area contributed by atoms with Crippen molar-refractivity contribution in [2.45, 2.75) is 19.9 Å². The van der Waals surface area contributed by atoms with Crippen LogP contribution in [0.2, 0.25) is 0 Å². The number of aryl methyl sites for hydroxylation is 1. The molecule has 1 saturated heterocycles. The molecule has 1 aromatic carbocycles. The molecule has 0 saturated carbocycles. The molecule has 0 radical (unpaired) electrons. The predicted octanol–water partition coefficient (Wildman–Crippen LogP) is 2.69. The lowest BCUT2D eigenvalue weighted by Crippen LogP contribution is -2.46. The summed E-state index contributed by atoms with van der Waals surface area (Å²) < 4.78 is 30.2. The van der Waals surface area contributed by atoms with Crippen LogP contribution in [-0.4, -0.2) is 64.0 Å². The maximum absolute atomic E-state index is 12.5. The Balaban J connectivity index is 1.43. The number of hydrogen-bond acceptors (Lipinski definition) is 7. The third-order valence-corrected chi connectivity index (χ3v) is 4.89. The zero-order valence-corrected chi connectivity index (χ0v) is 16.1. The van der Waals surface area contributed by atoms with E-state index in [1.807, 2.05) is 31.3 Å². The Bertz CT molecular complexity index is 961. The summed E-state index contributed by atoms with van der Waals surface area (Å²) in [6.07, 6.45) is 2.40. The topological polar surface area (TPSA) is 67.3 Å². The lowest BCUT2D eigenvalue weighted by Gasteiger charge is -2.36. The van der Waals surface area contributed by atoms with Crippen LogP contribution in [0.25, 0.3) is 10.9 Å². The molecule has 0 N–H and O–H groups in total. The monoisotopic (exact) mass is 400 g/mol. The van der Waals surface area contributed by atoms with Crippen LogP contribution in [0.1, 0.15) is 11.4 Å². The third-order valence-electron chi connectivity index (χ3n) is 4.89. The fourth-order valence-electron chi connectivity index (χ4n) is 3.37. The predicted molar refractivity (Wildman–Crippen MR) is 105 cm³/mol. The van der Waals surface area contributed by atoms with Gasteiger partial charge in [-0.1, -0.05) is 0 Å². The van der Waals surface area contributed by atoms with Crippen LogP contribution in [0.3, 0.4) is 0 Å². The summed E-state index contributed by atoms with van der Waals surface area (Å²) >= 11 is 0. The third kappa shape index (κ3) is 4.73. The zero-order chi connectivity index (χ0) is 20.2. The molecule has 1 aliphatic rings. The van der Waals surface area contributed by atoms with E-state index < -0.39 is 13.0 Å². The first kappa shape index (κ1) is 19.4. The van der Waals surface area contributed by atoms with Crippen molar-refractivity contribution in [3.63, 3.8) is 0 Å². The van der Waals surface area contributed by atoms with Gasteiger partial charge >= 0.3 is 0 Å². The van der Waals surface area contributed by atoms with Crippen molar-refractivity contribution in [1.82, 2.24) is 24.8 Å². The summed E-state index contributed by atoms with van der Waals surface area (Å²) in [5.74, 6) is 0.189. The minimum Gasteiger partial charge on any atom is -0.471 e. The van der Waals surface area contributed by atoms with Crippen molar-refractivity contribution in [2.24, 2.45) is 0 Å². The maximum Gasteiger partial charge on any atom is 0.272 e. The van der Waals surface area contributed by atoms with Gasteiger partial charge in [0.2, 0.25) is 5.88 Å². The number of fused-ring (bicyclic) bond motifs is 1. The summed E-state index contributed by atoms with van der Waals surface area (Å²) in [5.41, 5.74) is 3.55. The van der Waals surface area contributed by atoms with E-state index >= 15 is 0 Å². The Morgan fingerprint density at radius 3 is 2.59 bits per heavy atom. The first-order chi connectivity index (χ1) is 14.1. The summed E-state index contributed by atoms with van der Waals surface area (Å²) in [6, 6.07) is 5.78. The smallest absolute Gasteiger partial charge is 0.272 e. The number of hydrogen-bond donors (Lipinski definition) is 0. The van der Waals surface area contributed by atoms with Gasteiger partial charge in [-0.15, -0.1) is 0 Å². The molecule has 0 spiro atoms. The average Bonchev–Trinajstić information content (AvgIpc) is 2.74. The van der Waals surface area contributed by atoms with E-state index in [-0.39, 0.29) is 5.88 Å². The summed E-state index contributed by atoms with van der Waals surface area (Å²) in [7, 11) is 0. The highest BCUT2D eigenvalue weighted by molar-refractivity contribution is 5.86. The van der Waals surface area contributed by atoms with Crippen molar-refractivity contribution in [3.8, 4) is 5.88 Å². The van der Waals surface area contributed by atoms with Gasteiger partial charge in [0.15, 0.2) is 6.61 Å². The van der Waals surface area contributed by atoms with Crippen molar-refractivity contribution in [3.05, 3.63) is 48.3 Å². The Kier molecular flexibility index (Phi) is 5.75. The largest absolute Gasteiger partial charge is 0.471 e. The SMILES string of the molecule is Cc1cnc(CN2CCN(c3ccc4ncnc(OCC(F)F)c4c3)CC2)cn1. The number of aromatic nitrogens is 4. The second kappa shape index (κ2) is 8.60. The van der Waals surface area contributed by atoms with Gasteiger partial charge in [-0.05, 0) is 25.1 Å². The van der Waals surface area contributed by atoms with E-state index in [0.29, 0.717) is 10.9 Å². The average molecular weight is 400 g/mol. The van der Waals surface area contributed by atoms with E-state index in [0.717, 1.165) is 49.8 Å². The van der Waals surface area contributed by atoms with Crippen LogP contribution in [0, 0.1) is 6.92 Å². The van der Waals surface area contributed by atoms with Crippen LogP contribution in [0.5, 0.6) is 5.88 Å². The summed E-state index contributed by atoms with van der Waals surface area (Å²) in [4.78, 5) is 21.6. The van der Waals surface area contributed by atoms with Gasteiger partial charge in [-0.25, -0.2) is 18.7 Å². The molecule has 29 heavy (non-hydrogen) atoms. The van der Waals surface area contributed by atoms with E-state index in [1.165, 1.54) is 6.33 Å². The minimum absolute atomic E-state index is 0.189. The Hall–Kier alpha value is -2.94. The molecule has 3 heterocycles. The van der Waals surface area contributed by atoms with Crippen LogP contribution in [-0.2, 0) is 6.54 Å². The van der Waals surface area contributed by atoms with Gasteiger partial charge < -0.3 is 9.64 Å². The number of benzene rings is 1. The fourth-order valence-corrected chi connectivity index (χ4v) is 3.37. The maximum atomic E-state index is 12.5. The van der Waals surface area contributed by atoms with E-state index in [1.54, 1.807) is 6.20 Å². The second-order valence-corrected chi connectivity index (χ2v) is 6.99. The lowest BCUT2D eigenvalue weighted by molar-refractivity contribution is 0.0804. The highest BCUT2D eigenvalue weighted by Crippen LogP contribution is 2.27. The standard InChI is InChI=1S/C20H22F2N6O/c1-14-9-24-15(10-23-14)11-27-4-6-28(7-5-27)16-2-3-18-17(8-16)20(26-13-25-18)29-12-19(21)22/h2-3,8-10,13,19H,4-7,11-12H2,1H3. The van der Waals surface area contributed by atoms with Crippen LogP contribution in [0.4, 0.5) is 14.5 Å². The Labute approximate surface area is 167 Å². The molecule has 3 aromatic rings. The fraction of sp³-hybridized carbons (Fsp3) is 0.400. The molecule has 0 atom stereocenters. The molecule has 152 valence electrons. The van der Waals surface area contributed by atoms with E-state index in [4.69, 9.17) is 4.74 Å². The highest BCUT2D eigenvalue weighted by Gasteiger charge is 2.19. The number of rotatable bonds is 6. The van der Waals surface area contributed by atoms with Crippen LogP contribution in [0.15, 0.2) is 36.9 Å². The Morgan fingerprint density at radius 2 is 1.86 bits per heavy atom. The van der Waals surface area contributed by atoms with Crippen LogP contribution >= 0.6 is 0 Å². The number of anilines is 1. The number of piperazine rings is 1. The molecule has 0 aliphatic carbocycles. The number of ether oxygens (including phenoxy) is 1. The number of nitrogens with zero attached hydrogens (tertiary/aromatic N) is 6. The lowest BCUT2D eigenvalue weighted by atomic mass is 10.2. The van der Waals surface area contributed by atoms with Gasteiger partial charge in [-0.2, -0.15) is 0 Å². The van der Waals surface area contributed by atoms with Crippen molar-refractivity contribution in [1.29, 1.82) is 0 Å². The highest BCUT2D eigenvalue weighted by atomic mass is 19.3. The minimum atomic E-state index is -2.55. The second-order valence-electron chi connectivity index (χ2n) is 6.99. The molecular weight excluding hydrogens is 378 g/mol. The molecule has 2 aromatic heterocycles. The van der Waals surface area contributed by atoms with Crippen molar-refractivity contribution < 1.29 is 13.5 Å². The quantitative estimate of drug-likeness (QED) is 0.630. The van der Waals surface area contributed by atoms with Gasteiger partial charge in [0.1, 0.15) is 6.33 Å². The van der Waals surface area contributed by atoms with Crippen LogP contribution < -0.4 is 9.64 Å². The zero-order valence-electron chi connectivity index (χ0n) is 16.1. The van der Waals surface area contributed by atoms with Crippen molar-refractivity contribution in [2.75, 3.05) is 37.7 Å². The summed E-state index contributed by atoms with van der Waals surface area (Å²) in [5, 5.41) is 0.642. The van der Waals surface area contributed by atoms with Crippen molar-refractivity contribution >= 4 is 16.6 Å². The van der Waals surface area contributed by atoms with E-state index in [9.17, 15) is 8.78 Å². The first-order valence-corrected chi connectivity index (χ1v) is 9.49. The molecular formula is C20H22F2N6O. The number of alkyl halides is 2. The Morgan fingerprint density at radius 1 is 1.03 bits per heavy atom. The van der Waals surface area contributed by atoms with Gasteiger partial charge in [0.05, 0.1) is 22.3 Å². The molecule has 4 rings (SSSR count). The number of halogens is 2. The normalized spacial score (nSPS) is 15.2. The molecule has 0 bridgehead atoms. The van der Waals surface area contributed by atoms with Gasteiger partial charge in [-0.3, -0.25) is 14.9 Å². The summed E-state index contributed by atoms with van der Waals surface area (Å²) in [6.45, 7) is 5.52. The molecule has 1 aliphatic heterocycles.